The van der Waals surface area contributed by atoms with Crippen molar-refractivity contribution in [1.29, 1.82) is 5.26 Å². The van der Waals surface area contributed by atoms with Crippen LogP contribution in [0.1, 0.15) is 28.4 Å². The Morgan fingerprint density at radius 1 is 1.45 bits per heavy atom. The summed E-state index contributed by atoms with van der Waals surface area (Å²) in [6.07, 6.45) is -5.00. The molecule has 0 N–H and O–H groups in total. The van der Waals surface area contributed by atoms with Gasteiger partial charge in [0.2, 0.25) is 0 Å². The van der Waals surface area contributed by atoms with Gasteiger partial charge in [-0.2, -0.15) is 5.26 Å². The smallest absolute Gasteiger partial charge is 0.462 e. The fourth-order valence-electron chi connectivity index (χ4n) is 1.46. The first-order chi connectivity index (χ1) is 9.32. The molecule has 0 aromatic heterocycles. The second-order valence-corrected chi connectivity index (χ2v) is 3.80. The Labute approximate surface area is 117 Å². The summed E-state index contributed by atoms with van der Waals surface area (Å²) in [4.78, 5) is 11.7. The van der Waals surface area contributed by atoms with E-state index in [2.05, 4.69) is 9.47 Å². The lowest BCUT2D eigenvalue weighted by atomic mass is 10.0. The third-order valence-corrected chi connectivity index (χ3v) is 2.45. The van der Waals surface area contributed by atoms with Crippen LogP contribution in [0.3, 0.4) is 0 Å². The number of carbonyl (C=O) groups excluding carboxylic acids is 1. The Hall–Kier alpha value is -1.94. The SMILES string of the molecule is CCOC(=O)c1c(C#N)cc(CCl)cc1OC(F)(F)F. The number of rotatable bonds is 4. The van der Waals surface area contributed by atoms with Crippen molar-refractivity contribution in [2.75, 3.05) is 6.61 Å². The molecule has 1 rings (SSSR count). The van der Waals surface area contributed by atoms with Crippen LogP contribution in [-0.2, 0) is 10.6 Å². The Morgan fingerprint density at radius 2 is 2.10 bits per heavy atom. The number of benzene rings is 1. The van der Waals surface area contributed by atoms with E-state index < -0.39 is 23.6 Å². The van der Waals surface area contributed by atoms with Crippen molar-refractivity contribution in [2.45, 2.75) is 19.2 Å². The van der Waals surface area contributed by atoms with Gasteiger partial charge in [0.15, 0.2) is 0 Å². The van der Waals surface area contributed by atoms with Crippen molar-refractivity contribution >= 4 is 17.6 Å². The minimum absolute atomic E-state index is 0.0492. The highest BCUT2D eigenvalue weighted by Gasteiger charge is 2.34. The zero-order chi connectivity index (χ0) is 15.3. The zero-order valence-corrected chi connectivity index (χ0v) is 11.0. The van der Waals surface area contributed by atoms with E-state index in [-0.39, 0.29) is 23.6 Å². The normalized spacial score (nSPS) is 10.8. The number of carbonyl (C=O) groups is 1. The monoisotopic (exact) mass is 307 g/mol. The molecule has 20 heavy (non-hydrogen) atoms. The fraction of sp³-hybridized carbons (Fsp3) is 0.333. The molecule has 1 aromatic carbocycles. The largest absolute Gasteiger partial charge is 0.573 e. The van der Waals surface area contributed by atoms with Gasteiger partial charge < -0.3 is 9.47 Å². The van der Waals surface area contributed by atoms with Crippen LogP contribution in [0.4, 0.5) is 13.2 Å². The summed E-state index contributed by atoms with van der Waals surface area (Å²) in [5.74, 6) is -2.00. The van der Waals surface area contributed by atoms with Crippen LogP contribution in [0.25, 0.3) is 0 Å². The molecule has 0 aliphatic rings. The van der Waals surface area contributed by atoms with Gasteiger partial charge in [0, 0.05) is 5.88 Å². The van der Waals surface area contributed by atoms with Crippen LogP contribution in [0.2, 0.25) is 0 Å². The lowest BCUT2D eigenvalue weighted by Crippen LogP contribution is -2.20. The quantitative estimate of drug-likeness (QED) is 0.632. The van der Waals surface area contributed by atoms with Crippen LogP contribution < -0.4 is 4.74 Å². The molecule has 0 fully saturated rings. The van der Waals surface area contributed by atoms with Crippen molar-refractivity contribution in [2.24, 2.45) is 0 Å². The number of esters is 1. The minimum atomic E-state index is -5.00. The summed E-state index contributed by atoms with van der Waals surface area (Å²) in [5.41, 5.74) is -0.642. The summed E-state index contributed by atoms with van der Waals surface area (Å²) >= 11 is 5.53. The van der Waals surface area contributed by atoms with Crippen molar-refractivity contribution in [3.05, 3.63) is 28.8 Å². The summed E-state index contributed by atoms with van der Waals surface area (Å²) in [7, 11) is 0. The van der Waals surface area contributed by atoms with Gasteiger partial charge in [-0.15, -0.1) is 24.8 Å². The standard InChI is InChI=1S/C12H9ClF3NO3/c1-2-19-11(18)10-8(6-17)3-7(5-13)4-9(10)20-12(14,15)16/h3-4H,2,5H2,1H3. The molecule has 0 saturated carbocycles. The van der Waals surface area contributed by atoms with E-state index in [1.54, 1.807) is 6.07 Å². The maximum absolute atomic E-state index is 12.4. The van der Waals surface area contributed by atoms with Gasteiger partial charge in [0.25, 0.3) is 0 Å². The van der Waals surface area contributed by atoms with E-state index >= 15 is 0 Å². The molecule has 0 radical (unpaired) electrons. The Bertz CT molecular complexity index is 552. The number of halogens is 4. The van der Waals surface area contributed by atoms with Crippen molar-refractivity contribution in [3.63, 3.8) is 0 Å². The molecule has 0 atom stereocenters. The molecule has 1 aromatic rings. The molecule has 0 heterocycles. The first-order valence-corrected chi connectivity index (χ1v) is 5.91. The van der Waals surface area contributed by atoms with E-state index in [9.17, 15) is 18.0 Å². The minimum Gasteiger partial charge on any atom is -0.462 e. The summed E-state index contributed by atoms with van der Waals surface area (Å²) in [5, 5.41) is 8.94. The van der Waals surface area contributed by atoms with Gasteiger partial charge in [-0.05, 0) is 24.6 Å². The number of hydrogen-bond donors (Lipinski definition) is 0. The molecular formula is C12H9ClF3NO3. The fourth-order valence-corrected chi connectivity index (χ4v) is 1.61. The summed E-state index contributed by atoms with van der Waals surface area (Å²) in [6.45, 7) is 1.44. The number of hydrogen-bond acceptors (Lipinski definition) is 4. The van der Waals surface area contributed by atoms with E-state index in [4.69, 9.17) is 16.9 Å². The Balaban J connectivity index is 3.43. The number of nitriles is 1. The molecular weight excluding hydrogens is 299 g/mol. The molecule has 4 nitrogen and oxygen atoms in total. The predicted molar refractivity (Wildman–Crippen MR) is 63.4 cm³/mol. The Morgan fingerprint density at radius 3 is 2.55 bits per heavy atom. The van der Waals surface area contributed by atoms with Gasteiger partial charge in [-0.3, -0.25) is 0 Å². The molecule has 0 saturated heterocycles. The van der Waals surface area contributed by atoms with Gasteiger partial charge in [-0.25, -0.2) is 4.79 Å². The average Bonchev–Trinajstić information content (AvgIpc) is 2.35. The second kappa shape index (κ2) is 6.48. The average molecular weight is 308 g/mol. The molecule has 8 heteroatoms. The van der Waals surface area contributed by atoms with Crippen LogP contribution in [-0.4, -0.2) is 18.9 Å². The van der Waals surface area contributed by atoms with E-state index in [1.807, 2.05) is 0 Å². The topological polar surface area (TPSA) is 59.3 Å². The lowest BCUT2D eigenvalue weighted by Gasteiger charge is -2.14. The van der Waals surface area contributed by atoms with Crippen LogP contribution in [0, 0.1) is 11.3 Å². The van der Waals surface area contributed by atoms with Crippen molar-refractivity contribution < 1.29 is 27.4 Å². The van der Waals surface area contributed by atoms with Crippen molar-refractivity contribution in [1.82, 2.24) is 0 Å². The molecule has 0 bridgehead atoms. The summed E-state index contributed by atoms with van der Waals surface area (Å²) in [6, 6.07) is 3.79. The Kier molecular flexibility index (Phi) is 5.22. The van der Waals surface area contributed by atoms with Crippen molar-refractivity contribution in [3.8, 4) is 11.8 Å². The third-order valence-electron chi connectivity index (χ3n) is 2.14. The molecule has 0 amide bonds. The van der Waals surface area contributed by atoms with Crippen LogP contribution >= 0.6 is 11.6 Å². The zero-order valence-electron chi connectivity index (χ0n) is 10.3. The summed E-state index contributed by atoms with van der Waals surface area (Å²) < 4.78 is 45.5. The molecule has 0 aliphatic heterocycles. The van der Waals surface area contributed by atoms with Gasteiger partial charge in [0.05, 0.1) is 12.2 Å². The first-order valence-electron chi connectivity index (χ1n) is 5.38. The number of nitrogens with zero attached hydrogens (tertiary/aromatic N) is 1. The van der Waals surface area contributed by atoms with Gasteiger partial charge in [-0.1, -0.05) is 0 Å². The number of alkyl halides is 4. The lowest BCUT2D eigenvalue weighted by molar-refractivity contribution is -0.274. The predicted octanol–water partition coefficient (Wildman–Crippen LogP) is 3.37. The van der Waals surface area contributed by atoms with Gasteiger partial charge in [0.1, 0.15) is 17.4 Å². The van der Waals surface area contributed by atoms with E-state index in [1.165, 1.54) is 13.0 Å². The highest BCUT2D eigenvalue weighted by Crippen LogP contribution is 2.31. The maximum Gasteiger partial charge on any atom is 0.573 e. The maximum atomic E-state index is 12.4. The number of ether oxygens (including phenoxy) is 2. The first kappa shape index (κ1) is 16.1. The van der Waals surface area contributed by atoms with Crippen LogP contribution in [0.5, 0.6) is 5.75 Å². The molecule has 108 valence electrons. The van der Waals surface area contributed by atoms with Crippen LogP contribution in [0.15, 0.2) is 12.1 Å². The van der Waals surface area contributed by atoms with Gasteiger partial charge >= 0.3 is 12.3 Å². The van der Waals surface area contributed by atoms with E-state index in [0.29, 0.717) is 0 Å². The highest BCUT2D eigenvalue weighted by atomic mass is 35.5. The molecule has 0 unspecified atom stereocenters. The molecule has 0 aliphatic carbocycles. The molecule has 0 spiro atoms. The highest BCUT2D eigenvalue weighted by molar-refractivity contribution is 6.17. The van der Waals surface area contributed by atoms with E-state index in [0.717, 1.165) is 6.07 Å². The third kappa shape index (κ3) is 4.03. The second-order valence-electron chi connectivity index (χ2n) is 3.53.